The summed E-state index contributed by atoms with van der Waals surface area (Å²) in [5, 5.41) is 6.54. The molecule has 0 aliphatic carbocycles. The molecular formula is C26H24N6O5. The predicted octanol–water partition coefficient (Wildman–Crippen LogP) is 3.96. The number of hydrogen-bond donors (Lipinski definition) is 3. The molecule has 6 rings (SSSR count). The van der Waals surface area contributed by atoms with Crippen LogP contribution in [0.3, 0.4) is 0 Å². The normalized spacial score (nSPS) is 13.5. The average molecular weight is 501 g/mol. The summed E-state index contributed by atoms with van der Waals surface area (Å²) < 4.78 is 22.7. The second kappa shape index (κ2) is 9.10. The van der Waals surface area contributed by atoms with Gasteiger partial charge >= 0.3 is 0 Å². The first-order chi connectivity index (χ1) is 18.0. The maximum atomic E-state index is 12.0. The van der Waals surface area contributed by atoms with Crippen molar-refractivity contribution >= 4 is 39.7 Å². The number of nitrogens with one attached hydrogen (secondary N) is 3. The largest absolute Gasteiger partial charge is 0.495 e. The van der Waals surface area contributed by atoms with Gasteiger partial charge in [0.1, 0.15) is 23.0 Å². The van der Waals surface area contributed by atoms with E-state index in [0.29, 0.717) is 59.2 Å². The van der Waals surface area contributed by atoms with Crippen LogP contribution in [0.2, 0.25) is 0 Å². The molecule has 0 bridgehead atoms. The fraction of sp³-hybridized carbons (Fsp3) is 0.231. The number of aromatic nitrogens is 4. The Morgan fingerprint density at radius 2 is 2.00 bits per heavy atom. The van der Waals surface area contributed by atoms with Gasteiger partial charge in [-0.2, -0.15) is 9.97 Å². The maximum absolute atomic E-state index is 12.0. The zero-order valence-corrected chi connectivity index (χ0v) is 20.4. The van der Waals surface area contributed by atoms with Crippen LogP contribution < -0.4 is 20.1 Å². The first-order valence-corrected chi connectivity index (χ1v) is 11.7. The number of amides is 1. The molecule has 0 unspecified atom stereocenters. The topological polar surface area (TPSA) is 136 Å². The number of benzene rings is 2. The highest BCUT2D eigenvalue weighted by Crippen LogP contribution is 2.37. The first-order valence-electron chi connectivity index (χ1n) is 11.7. The van der Waals surface area contributed by atoms with Crippen LogP contribution in [0, 0.1) is 6.92 Å². The third kappa shape index (κ3) is 4.19. The van der Waals surface area contributed by atoms with Crippen LogP contribution in [0.15, 0.2) is 47.0 Å². The van der Waals surface area contributed by atoms with Crippen molar-refractivity contribution in [3.8, 4) is 22.8 Å². The van der Waals surface area contributed by atoms with E-state index in [0.717, 1.165) is 22.0 Å². The van der Waals surface area contributed by atoms with Gasteiger partial charge in [0.25, 0.3) is 5.91 Å². The lowest BCUT2D eigenvalue weighted by molar-refractivity contribution is -0.0806. The Kier molecular flexibility index (Phi) is 5.61. The molecule has 37 heavy (non-hydrogen) atoms. The molecule has 4 heterocycles. The summed E-state index contributed by atoms with van der Waals surface area (Å²) in [6.07, 6.45) is 1.77. The molecular weight excluding hydrogens is 476 g/mol. The standard InChI is InChI=1S/C26H24N6O5/c1-13-29-19-6-4-14(8-21(19)36-13)17-10-28-23-22(17)25(37-16-11-35-12-16)32-26(31-23)30-18-7-5-15(24(33)27-2)9-20(18)34-3/h4-10,16H,11-12H2,1-3H3,(H,27,33)(H2,28,30,31,32). The van der Waals surface area contributed by atoms with Crippen molar-refractivity contribution < 1.29 is 23.4 Å². The van der Waals surface area contributed by atoms with E-state index in [2.05, 4.69) is 25.6 Å². The number of ether oxygens (including phenoxy) is 3. The minimum absolute atomic E-state index is 0.102. The van der Waals surface area contributed by atoms with Crippen molar-refractivity contribution in [2.24, 2.45) is 0 Å². The van der Waals surface area contributed by atoms with E-state index < -0.39 is 0 Å². The van der Waals surface area contributed by atoms with Gasteiger partial charge in [0.2, 0.25) is 11.8 Å². The highest BCUT2D eigenvalue weighted by atomic mass is 16.6. The number of aromatic amines is 1. The number of carbonyl (C=O) groups excluding carboxylic acids is 1. The highest BCUT2D eigenvalue weighted by Gasteiger charge is 2.25. The third-order valence-electron chi connectivity index (χ3n) is 6.13. The number of anilines is 2. The van der Waals surface area contributed by atoms with Crippen LogP contribution in [0.4, 0.5) is 11.6 Å². The smallest absolute Gasteiger partial charge is 0.251 e. The van der Waals surface area contributed by atoms with Crippen LogP contribution in [0.25, 0.3) is 33.3 Å². The van der Waals surface area contributed by atoms with Crippen LogP contribution >= 0.6 is 0 Å². The van der Waals surface area contributed by atoms with Crippen LogP contribution in [0.5, 0.6) is 11.6 Å². The van der Waals surface area contributed by atoms with E-state index in [1.807, 2.05) is 31.3 Å². The lowest BCUT2D eigenvalue weighted by atomic mass is 10.1. The number of nitrogens with zero attached hydrogens (tertiary/aromatic N) is 3. The second-order valence-corrected chi connectivity index (χ2v) is 8.59. The quantitative estimate of drug-likeness (QED) is 0.303. The monoisotopic (exact) mass is 500 g/mol. The predicted molar refractivity (Wildman–Crippen MR) is 137 cm³/mol. The number of rotatable bonds is 7. The lowest BCUT2D eigenvalue weighted by Gasteiger charge is -2.26. The van der Waals surface area contributed by atoms with Crippen molar-refractivity contribution in [1.82, 2.24) is 25.3 Å². The highest BCUT2D eigenvalue weighted by molar-refractivity contribution is 5.99. The molecule has 1 amide bonds. The molecule has 5 aromatic rings. The third-order valence-corrected chi connectivity index (χ3v) is 6.13. The van der Waals surface area contributed by atoms with Gasteiger partial charge in [-0.05, 0) is 35.9 Å². The number of methoxy groups -OCH3 is 1. The fourth-order valence-electron chi connectivity index (χ4n) is 4.22. The fourth-order valence-corrected chi connectivity index (χ4v) is 4.22. The number of aryl methyl sites for hydroxylation is 1. The van der Waals surface area contributed by atoms with Gasteiger partial charge in [0, 0.05) is 31.3 Å². The maximum Gasteiger partial charge on any atom is 0.251 e. The molecule has 0 saturated carbocycles. The second-order valence-electron chi connectivity index (χ2n) is 8.59. The van der Waals surface area contributed by atoms with E-state index in [4.69, 9.17) is 23.6 Å². The van der Waals surface area contributed by atoms with Crippen molar-refractivity contribution in [1.29, 1.82) is 0 Å². The van der Waals surface area contributed by atoms with Gasteiger partial charge in [-0.1, -0.05) is 6.07 Å². The number of oxazole rings is 1. The molecule has 0 radical (unpaired) electrons. The van der Waals surface area contributed by atoms with E-state index in [1.54, 1.807) is 25.2 Å². The van der Waals surface area contributed by atoms with Crippen molar-refractivity contribution in [3.05, 3.63) is 54.0 Å². The molecule has 3 aromatic heterocycles. The van der Waals surface area contributed by atoms with E-state index in [-0.39, 0.29) is 12.0 Å². The molecule has 1 aliphatic rings. The SMILES string of the molecule is CNC(=O)c1ccc(Nc2nc(OC3COC3)c3c(-c4ccc5nc(C)oc5c4)c[nH]c3n2)c(OC)c1. The minimum Gasteiger partial charge on any atom is -0.495 e. The van der Waals surface area contributed by atoms with Crippen LogP contribution in [-0.2, 0) is 4.74 Å². The summed E-state index contributed by atoms with van der Waals surface area (Å²) in [6.45, 7) is 2.81. The van der Waals surface area contributed by atoms with Crippen molar-refractivity contribution in [2.75, 3.05) is 32.7 Å². The molecule has 1 fully saturated rings. The molecule has 1 saturated heterocycles. The van der Waals surface area contributed by atoms with E-state index in [1.165, 1.54) is 7.11 Å². The first kappa shape index (κ1) is 22.8. The minimum atomic E-state index is -0.210. The van der Waals surface area contributed by atoms with Crippen LogP contribution in [-0.4, -0.2) is 59.3 Å². The van der Waals surface area contributed by atoms with Gasteiger partial charge in [0.05, 0.1) is 31.4 Å². The Morgan fingerprint density at radius 3 is 2.76 bits per heavy atom. The van der Waals surface area contributed by atoms with Gasteiger partial charge in [-0.3, -0.25) is 4.79 Å². The molecule has 0 spiro atoms. The van der Waals surface area contributed by atoms with Gasteiger partial charge in [-0.15, -0.1) is 0 Å². The number of fused-ring (bicyclic) bond motifs is 2. The summed E-state index contributed by atoms with van der Waals surface area (Å²) in [4.78, 5) is 29.0. The van der Waals surface area contributed by atoms with Crippen molar-refractivity contribution in [3.63, 3.8) is 0 Å². The lowest BCUT2D eigenvalue weighted by Crippen LogP contribution is -2.38. The zero-order chi connectivity index (χ0) is 25.5. The molecule has 11 nitrogen and oxygen atoms in total. The van der Waals surface area contributed by atoms with Crippen molar-refractivity contribution in [2.45, 2.75) is 13.0 Å². The van der Waals surface area contributed by atoms with E-state index in [9.17, 15) is 4.79 Å². The summed E-state index contributed by atoms with van der Waals surface area (Å²) in [5.41, 5.74) is 4.96. The summed E-state index contributed by atoms with van der Waals surface area (Å²) >= 11 is 0. The molecule has 1 aliphatic heterocycles. The number of H-pyrrole nitrogens is 1. The molecule has 0 atom stereocenters. The Bertz CT molecular complexity index is 1640. The summed E-state index contributed by atoms with van der Waals surface area (Å²) in [6, 6.07) is 10.9. The number of carbonyl (C=O) groups is 1. The molecule has 188 valence electrons. The van der Waals surface area contributed by atoms with E-state index >= 15 is 0 Å². The molecule has 11 heteroatoms. The number of hydrogen-bond acceptors (Lipinski definition) is 9. The van der Waals surface area contributed by atoms with Gasteiger partial charge < -0.3 is 34.2 Å². The Balaban J connectivity index is 1.41. The van der Waals surface area contributed by atoms with Gasteiger partial charge in [-0.25, -0.2) is 4.98 Å². The zero-order valence-electron chi connectivity index (χ0n) is 20.4. The Morgan fingerprint density at radius 1 is 1.14 bits per heavy atom. The van der Waals surface area contributed by atoms with Crippen LogP contribution in [0.1, 0.15) is 16.2 Å². The molecule has 2 aromatic carbocycles. The average Bonchev–Trinajstić information content (AvgIpc) is 3.48. The Hall–Kier alpha value is -4.64. The summed E-state index contributed by atoms with van der Waals surface area (Å²) in [7, 11) is 3.11. The summed E-state index contributed by atoms with van der Waals surface area (Å²) in [5.74, 6) is 1.61. The molecule has 3 N–H and O–H groups in total. The Labute approximate surface area is 211 Å². The van der Waals surface area contributed by atoms with Gasteiger partial charge in [0.15, 0.2) is 11.5 Å².